The van der Waals surface area contributed by atoms with Crippen molar-refractivity contribution >= 4 is 5.69 Å². The fraction of sp³-hybridized carbons (Fsp3) is 0.389. The van der Waals surface area contributed by atoms with E-state index < -0.39 is 0 Å². The average Bonchev–Trinajstić information content (AvgIpc) is 2.50. The largest absolute Gasteiger partial charge is 0.494 e. The lowest BCUT2D eigenvalue weighted by Gasteiger charge is -2.16. The van der Waals surface area contributed by atoms with Gasteiger partial charge in [0.15, 0.2) is 0 Å². The van der Waals surface area contributed by atoms with E-state index in [1.807, 2.05) is 30.3 Å². The molecule has 0 atom stereocenters. The Morgan fingerprint density at radius 2 is 1.82 bits per heavy atom. The Kier molecular flexibility index (Phi) is 5.26. The van der Waals surface area contributed by atoms with Gasteiger partial charge in [0.2, 0.25) is 0 Å². The Morgan fingerprint density at radius 1 is 1.14 bits per heavy atom. The summed E-state index contributed by atoms with van der Waals surface area (Å²) in [5.74, 6) is 1.21. The monoisotopic (exact) mass is 300 g/mol. The van der Waals surface area contributed by atoms with E-state index in [1.54, 1.807) is 10.6 Å². The maximum atomic E-state index is 12.3. The van der Waals surface area contributed by atoms with Crippen molar-refractivity contribution < 1.29 is 4.74 Å². The molecule has 0 bridgehead atoms. The van der Waals surface area contributed by atoms with E-state index in [1.165, 1.54) is 0 Å². The highest BCUT2D eigenvalue weighted by molar-refractivity contribution is 5.62. The number of nitrogens with zero attached hydrogens (tertiary/aromatic N) is 1. The lowest BCUT2D eigenvalue weighted by atomic mass is 10.1. The minimum atomic E-state index is -0.127. The molecule has 2 aromatic rings. The number of hydrogen-bond donors (Lipinski definition) is 1. The van der Waals surface area contributed by atoms with E-state index in [4.69, 9.17) is 10.5 Å². The van der Waals surface area contributed by atoms with Crippen LogP contribution in [0.4, 0.5) is 5.69 Å². The van der Waals surface area contributed by atoms with Gasteiger partial charge in [-0.25, -0.2) is 0 Å². The summed E-state index contributed by atoms with van der Waals surface area (Å²) < 4.78 is 7.35. The lowest BCUT2D eigenvalue weighted by Crippen LogP contribution is -2.26. The van der Waals surface area contributed by atoms with E-state index >= 15 is 0 Å². The Hall–Kier alpha value is -2.23. The van der Waals surface area contributed by atoms with Gasteiger partial charge in [-0.3, -0.25) is 4.79 Å². The van der Waals surface area contributed by atoms with E-state index in [0.717, 1.165) is 23.4 Å². The Labute approximate surface area is 131 Å². The molecule has 22 heavy (non-hydrogen) atoms. The molecule has 4 heteroatoms. The number of rotatable bonds is 6. The number of nitrogens with two attached hydrogens (primary N) is 1. The fourth-order valence-electron chi connectivity index (χ4n) is 2.34. The van der Waals surface area contributed by atoms with Crippen LogP contribution in [0.5, 0.6) is 5.75 Å². The number of ether oxygens (including phenoxy) is 1. The third-order valence-corrected chi connectivity index (χ3v) is 3.37. The van der Waals surface area contributed by atoms with Crippen LogP contribution in [0.15, 0.2) is 41.2 Å². The molecule has 4 nitrogen and oxygen atoms in total. The standard InChI is InChI=1S/C18H24N2O2/c1-4-11-22-15-7-5-14(6-8-15)17-10-9-16(19)18(21)20(17)12-13(2)3/h5-10,13H,4,11-12,19H2,1-3H3. The highest BCUT2D eigenvalue weighted by atomic mass is 16.5. The van der Waals surface area contributed by atoms with Crippen molar-refractivity contribution in [1.82, 2.24) is 4.57 Å². The van der Waals surface area contributed by atoms with Crippen LogP contribution in [0, 0.1) is 5.92 Å². The molecule has 2 N–H and O–H groups in total. The van der Waals surface area contributed by atoms with Gasteiger partial charge in [0.1, 0.15) is 5.75 Å². The lowest BCUT2D eigenvalue weighted by molar-refractivity contribution is 0.317. The molecule has 0 amide bonds. The first-order chi connectivity index (χ1) is 10.5. The van der Waals surface area contributed by atoms with E-state index in [-0.39, 0.29) is 11.2 Å². The van der Waals surface area contributed by atoms with Gasteiger partial charge in [0.05, 0.1) is 18.0 Å². The molecular weight excluding hydrogens is 276 g/mol. The number of nitrogen functional groups attached to an aromatic ring is 1. The van der Waals surface area contributed by atoms with Gasteiger partial charge < -0.3 is 15.0 Å². The number of anilines is 1. The van der Waals surface area contributed by atoms with Crippen LogP contribution in [-0.4, -0.2) is 11.2 Å². The van der Waals surface area contributed by atoms with Crippen molar-refractivity contribution in [3.05, 3.63) is 46.8 Å². The molecule has 0 aliphatic heterocycles. The van der Waals surface area contributed by atoms with Crippen molar-refractivity contribution in [2.24, 2.45) is 5.92 Å². The van der Waals surface area contributed by atoms with Gasteiger partial charge in [-0.15, -0.1) is 0 Å². The maximum Gasteiger partial charge on any atom is 0.274 e. The summed E-state index contributed by atoms with van der Waals surface area (Å²) in [4.78, 5) is 12.3. The van der Waals surface area contributed by atoms with Crippen molar-refractivity contribution in [1.29, 1.82) is 0 Å². The van der Waals surface area contributed by atoms with E-state index in [2.05, 4.69) is 20.8 Å². The third kappa shape index (κ3) is 3.70. The quantitative estimate of drug-likeness (QED) is 0.887. The van der Waals surface area contributed by atoms with Crippen LogP contribution in [-0.2, 0) is 6.54 Å². The zero-order valence-electron chi connectivity index (χ0n) is 13.5. The summed E-state index contributed by atoms with van der Waals surface area (Å²) in [6, 6.07) is 11.4. The van der Waals surface area contributed by atoms with Gasteiger partial charge >= 0.3 is 0 Å². The molecule has 0 spiro atoms. The SMILES string of the molecule is CCCOc1ccc(-c2ccc(N)c(=O)n2CC(C)C)cc1. The zero-order chi connectivity index (χ0) is 16.1. The average molecular weight is 300 g/mol. The van der Waals surface area contributed by atoms with Crippen molar-refractivity contribution in [3.63, 3.8) is 0 Å². The molecule has 0 aliphatic rings. The van der Waals surface area contributed by atoms with Crippen molar-refractivity contribution in [2.75, 3.05) is 12.3 Å². The van der Waals surface area contributed by atoms with E-state index in [9.17, 15) is 4.79 Å². The molecule has 1 aromatic heterocycles. The number of aromatic nitrogens is 1. The van der Waals surface area contributed by atoms with Gasteiger partial charge in [0, 0.05) is 6.54 Å². The number of benzene rings is 1. The molecule has 1 heterocycles. The Bertz CT molecular complexity index is 672. The molecule has 0 radical (unpaired) electrons. The molecule has 1 aromatic carbocycles. The van der Waals surface area contributed by atoms with Crippen LogP contribution in [0.1, 0.15) is 27.2 Å². The summed E-state index contributed by atoms with van der Waals surface area (Å²) in [5, 5.41) is 0. The normalized spacial score (nSPS) is 10.9. The fourth-order valence-corrected chi connectivity index (χ4v) is 2.34. The summed E-state index contributed by atoms with van der Waals surface area (Å²) in [7, 11) is 0. The van der Waals surface area contributed by atoms with Crippen molar-refractivity contribution in [2.45, 2.75) is 33.7 Å². The molecular formula is C18H24N2O2. The molecule has 0 aliphatic carbocycles. The minimum absolute atomic E-state index is 0.127. The molecule has 0 fully saturated rings. The molecule has 0 unspecified atom stereocenters. The second kappa shape index (κ2) is 7.16. The molecule has 0 saturated heterocycles. The smallest absolute Gasteiger partial charge is 0.274 e. The highest BCUT2D eigenvalue weighted by Gasteiger charge is 2.10. The highest BCUT2D eigenvalue weighted by Crippen LogP contribution is 2.23. The van der Waals surface area contributed by atoms with Crippen LogP contribution in [0.2, 0.25) is 0 Å². The minimum Gasteiger partial charge on any atom is -0.494 e. The number of hydrogen-bond acceptors (Lipinski definition) is 3. The predicted molar refractivity (Wildman–Crippen MR) is 91.2 cm³/mol. The third-order valence-electron chi connectivity index (χ3n) is 3.37. The number of pyridine rings is 1. The first-order valence-electron chi connectivity index (χ1n) is 7.75. The van der Waals surface area contributed by atoms with Crippen LogP contribution < -0.4 is 16.0 Å². The Balaban J connectivity index is 2.39. The summed E-state index contributed by atoms with van der Waals surface area (Å²) in [6.07, 6.45) is 0.980. The van der Waals surface area contributed by atoms with Gasteiger partial charge in [-0.05, 0) is 54.3 Å². The second-order valence-corrected chi connectivity index (χ2v) is 5.86. The van der Waals surface area contributed by atoms with Crippen LogP contribution in [0.25, 0.3) is 11.3 Å². The molecule has 0 saturated carbocycles. The van der Waals surface area contributed by atoms with E-state index in [0.29, 0.717) is 19.1 Å². The Morgan fingerprint density at radius 3 is 2.41 bits per heavy atom. The summed E-state index contributed by atoms with van der Waals surface area (Å²) in [5.41, 5.74) is 7.80. The first-order valence-corrected chi connectivity index (χ1v) is 7.75. The second-order valence-electron chi connectivity index (χ2n) is 5.86. The first kappa shape index (κ1) is 16.1. The summed E-state index contributed by atoms with van der Waals surface area (Å²) >= 11 is 0. The van der Waals surface area contributed by atoms with Gasteiger partial charge in [0.25, 0.3) is 5.56 Å². The van der Waals surface area contributed by atoms with Crippen molar-refractivity contribution in [3.8, 4) is 17.0 Å². The van der Waals surface area contributed by atoms with Gasteiger partial charge in [-0.2, -0.15) is 0 Å². The van der Waals surface area contributed by atoms with Gasteiger partial charge in [-0.1, -0.05) is 20.8 Å². The van der Waals surface area contributed by atoms with Crippen LogP contribution in [0.3, 0.4) is 0 Å². The molecule has 118 valence electrons. The van der Waals surface area contributed by atoms with Crippen LogP contribution >= 0.6 is 0 Å². The summed E-state index contributed by atoms with van der Waals surface area (Å²) in [6.45, 7) is 7.60. The maximum absolute atomic E-state index is 12.3. The topological polar surface area (TPSA) is 57.2 Å². The predicted octanol–water partition coefficient (Wildman–Crippen LogP) is 3.54. The molecule has 2 rings (SSSR count). The zero-order valence-corrected chi connectivity index (χ0v) is 13.5.